The quantitative estimate of drug-likeness (QED) is 0.273. The maximum absolute atomic E-state index is 11.8. The molecule has 1 amide bonds. The van der Waals surface area contributed by atoms with Crippen molar-refractivity contribution in [2.75, 3.05) is 45.2 Å². The Bertz CT molecular complexity index is 664. The van der Waals surface area contributed by atoms with Crippen LogP contribution in [0.4, 0.5) is 5.69 Å². The molecule has 1 heterocycles. The van der Waals surface area contributed by atoms with Crippen LogP contribution in [0.25, 0.3) is 0 Å². The molecular weight excluding hydrogens is 493 g/mol. The van der Waals surface area contributed by atoms with Crippen molar-refractivity contribution in [2.24, 2.45) is 16.8 Å². The largest absolute Gasteiger partial charge is 0.374 e. The molecule has 0 aliphatic carbocycles. The number of benzene rings is 1. The average molecular weight is 531 g/mol. The monoisotopic (exact) mass is 531 g/mol. The third kappa shape index (κ3) is 9.61. The van der Waals surface area contributed by atoms with E-state index in [2.05, 4.69) is 39.7 Å². The fraction of sp³-hybridized carbons (Fsp3) is 0.636. The van der Waals surface area contributed by atoms with Gasteiger partial charge < -0.3 is 20.7 Å². The first-order valence-electron chi connectivity index (χ1n) is 10.6. The Hall–Kier alpha value is -1.39. The van der Waals surface area contributed by atoms with E-state index < -0.39 is 0 Å². The number of hydrogen-bond acceptors (Lipinski definition) is 4. The van der Waals surface area contributed by atoms with Crippen LogP contribution >= 0.6 is 24.0 Å². The van der Waals surface area contributed by atoms with E-state index in [0.717, 1.165) is 50.0 Å². The minimum Gasteiger partial charge on any atom is -0.374 e. The lowest BCUT2D eigenvalue weighted by Gasteiger charge is -2.34. The summed E-state index contributed by atoms with van der Waals surface area (Å²) in [7, 11) is 1.77. The molecule has 1 atom stereocenters. The second-order valence-corrected chi connectivity index (χ2v) is 8.29. The number of ether oxygens (including phenoxy) is 1. The van der Waals surface area contributed by atoms with Gasteiger partial charge in [-0.05, 0) is 23.6 Å². The maximum atomic E-state index is 11.8. The van der Waals surface area contributed by atoms with Gasteiger partial charge in [-0.3, -0.25) is 14.7 Å². The number of carbonyl (C=O) groups excluding carboxylic acids is 1. The van der Waals surface area contributed by atoms with Crippen LogP contribution in [0.15, 0.2) is 29.3 Å². The standard InChI is InChI=1S/C22H37N5O2.HI/c1-16(2)14-27-10-11-29-20(15-27)13-25-22(23-5)24-12-18-6-8-19(9-7-18)26-21(28)17(3)4;/h6-9,16-17,20H,10-15H2,1-5H3,(H,26,28)(H2,23,24,25);1H. The first kappa shape index (κ1) is 26.6. The normalized spacial score (nSPS) is 17.6. The van der Waals surface area contributed by atoms with Crippen molar-refractivity contribution in [3.8, 4) is 0 Å². The van der Waals surface area contributed by atoms with Gasteiger partial charge in [0.05, 0.1) is 12.7 Å². The molecule has 170 valence electrons. The van der Waals surface area contributed by atoms with Crippen LogP contribution in [0.3, 0.4) is 0 Å². The number of anilines is 1. The molecule has 0 spiro atoms. The van der Waals surface area contributed by atoms with E-state index in [1.807, 2.05) is 38.1 Å². The summed E-state index contributed by atoms with van der Waals surface area (Å²) in [4.78, 5) is 18.5. The van der Waals surface area contributed by atoms with Gasteiger partial charge >= 0.3 is 0 Å². The third-order valence-corrected chi connectivity index (χ3v) is 4.77. The molecule has 1 aromatic rings. The van der Waals surface area contributed by atoms with E-state index in [1.165, 1.54) is 0 Å². The van der Waals surface area contributed by atoms with Crippen LogP contribution in [0, 0.1) is 11.8 Å². The van der Waals surface area contributed by atoms with Crippen molar-refractivity contribution in [1.82, 2.24) is 15.5 Å². The Balaban J connectivity index is 0.00000450. The number of hydrogen-bond donors (Lipinski definition) is 3. The highest BCUT2D eigenvalue weighted by atomic mass is 127. The number of nitrogens with zero attached hydrogens (tertiary/aromatic N) is 2. The van der Waals surface area contributed by atoms with E-state index in [-0.39, 0.29) is 41.9 Å². The minimum absolute atomic E-state index is 0. The number of halogens is 1. The number of guanidine groups is 1. The highest BCUT2D eigenvalue weighted by molar-refractivity contribution is 14.0. The van der Waals surface area contributed by atoms with Gasteiger partial charge in [-0.1, -0.05) is 39.8 Å². The van der Waals surface area contributed by atoms with Gasteiger partial charge in [-0.2, -0.15) is 0 Å². The van der Waals surface area contributed by atoms with E-state index in [1.54, 1.807) is 7.05 Å². The van der Waals surface area contributed by atoms with Crippen LogP contribution in [0.2, 0.25) is 0 Å². The summed E-state index contributed by atoms with van der Waals surface area (Å²) in [5.74, 6) is 1.42. The molecule has 0 saturated carbocycles. The Morgan fingerprint density at radius 1 is 1.20 bits per heavy atom. The SMILES string of the molecule is CN=C(NCc1ccc(NC(=O)C(C)C)cc1)NCC1CN(CC(C)C)CCO1.I. The molecule has 1 unspecified atom stereocenters. The molecule has 0 aromatic heterocycles. The highest BCUT2D eigenvalue weighted by Gasteiger charge is 2.21. The minimum atomic E-state index is -0.0312. The van der Waals surface area contributed by atoms with Gasteiger partial charge in [0.1, 0.15) is 0 Å². The second-order valence-electron chi connectivity index (χ2n) is 8.29. The lowest BCUT2D eigenvalue weighted by atomic mass is 10.1. The van der Waals surface area contributed by atoms with Gasteiger partial charge in [-0.25, -0.2) is 0 Å². The van der Waals surface area contributed by atoms with E-state index >= 15 is 0 Å². The number of rotatable bonds is 8. The number of amides is 1. The Morgan fingerprint density at radius 3 is 2.50 bits per heavy atom. The number of aliphatic imine (C=N–C) groups is 1. The van der Waals surface area contributed by atoms with Gasteiger partial charge in [0.2, 0.25) is 5.91 Å². The van der Waals surface area contributed by atoms with Crippen molar-refractivity contribution in [2.45, 2.75) is 40.3 Å². The summed E-state index contributed by atoms with van der Waals surface area (Å²) in [6.45, 7) is 13.5. The maximum Gasteiger partial charge on any atom is 0.226 e. The highest BCUT2D eigenvalue weighted by Crippen LogP contribution is 2.11. The van der Waals surface area contributed by atoms with Gasteiger partial charge in [0, 0.05) is 51.4 Å². The van der Waals surface area contributed by atoms with Crippen molar-refractivity contribution < 1.29 is 9.53 Å². The first-order valence-corrected chi connectivity index (χ1v) is 10.6. The molecule has 1 aromatic carbocycles. The molecule has 3 N–H and O–H groups in total. The predicted molar refractivity (Wildman–Crippen MR) is 135 cm³/mol. The van der Waals surface area contributed by atoms with E-state index in [0.29, 0.717) is 12.5 Å². The fourth-order valence-corrected chi connectivity index (χ4v) is 3.20. The zero-order valence-corrected chi connectivity index (χ0v) is 21.2. The van der Waals surface area contributed by atoms with Crippen LogP contribution in [-0.2, 0) is 16.1 Å². The molecule has 30 heavy (non-hydrogen) atoms. The molecule has 7 nitrogen and oxygen atoms in total. The van der Waals surface area contributed by atoms with Crippen LogP contribution in [-0.4, -0.2) is 62.7 Å². The van der Waals surface area contributed by atoms with E-state index in [4.69, 9.17) is 4.74 Å². The summed E-state index contributed by atoms with van der Waals surface area (Å²) < 4.78 is 5.89. The number of carbonyl (C=O) groups is 1. The van der Waals surface area contributed by atoms with Crippen molar-refractivity contribution in [3.05, 3.63) is 29.8 Å². The Labute approximate surface area is 198 Å². The summed E-state index contributed by atoms with van der Waals surface area (Å²) >= 11 is 0. The lowest BCUT2D eigenvalue weighted by Crippen LogP contribution is -2.50. The average Bonchev–Trinajstić information content (AvgIpc) is 2.69. The van der Waals surface area contributed by atoms with Crippen LogP contribution < -0.4 is 16.0 Å². The summed E-state index contributed by atoms with van der Waals surface area (Å²) in [5, 5.41) is 9.60. The fourth-order valence-electron chi connectivity index (χ4n) is 3.20. The molecule has 1 fully saturated rings. The molecule has 1 aliphatic rings. The van der Waals surface area contributed by atoms with Crippen molar-refractivity contribution >= 4 is 41.5 Å². The molecule has 1 aliphatic heterocycles. The van der Waals surface area contributed by atoms with Crippen molar-refractivity contribution in [1.29, 1.82) is 0 Å². The third-order valence-electron chi connectivity index (χ3n) is 4.77. The smallest absolute Gasteiger partial charge is 0.226 e. The summed E-state index contributed by atoms with van der Waals surface area (Å²) in [6, 6.07) is 7.86. The molecule has 0 radical (unpaired) electrons. The van der Waals surface area contributed by atoms with Crippen molar-refractivity contribution in [3.63, 3.8) is 0 Å². The zero-order chi connectivity index (χ0) is 21.2. The summed E-state index contributed by atoms with van der Waals surface area (Å²) in [5.41, 5.74) is 1.93. The van der Waals surface area contributed by atoms with Gasteiger partial charge in [-0.15, -0.1) is 24.0 Å². The number of morpholine rings is 1. The van der Waals surface area contributed by atoms with E-state index in [9.17, 15) is 4.79 Å². The zero-order valence-electron chi connectivity index (χ0n) is 18.9. The molecule has 8 heteroatoms. The van der Waals surface area contributed by atoms with Gasteiger partial charge in [0.25, 0.3) is 0 Å². The predicted octanol–water partition coefficient (Wildman–Crippen LogP) is 2.92. The van der Waals surface area contributed by atoms with Crippen LogP contribution in [0.1, 0.15) is 33.3 Å². The lowest BCUT2D eigenvalue weighted by molar-refractivity contribution is -0.118. The Morgan fingerprint density at radius 2 is 1.90 bits per heavy atom. The molecule has 2 rings (SSSR count). The first-order chi connectivity index (χ1) is 13.9. The van der Waals surface area contributed by atoms with Crippen LogP contribution in [0.5, 0.6) is 0 Å². The Kier molecular flexibility index (Phi) is 12.3. The summed E-state index contributed by atoms with van der Waals surface area (Å²) in [6.07, 6.45) is 0.171. The molecule has 1 saturated heterocycles. The number of nitrogens with one attached hydrogen (secondary N) is 3. The molecule has 0 bridgehead atoms. The topological polar surface area (TPSA) is 78.0 Å². The van der Waals surface area contributed by atoms with Gasteiger partial charge in [0.15, 0.2) is 5.96 Å². The molecular formula is C22H38IN5O2. The second kappa shape index (κ2) is 13.8.